The molecule has 140 valence electrons. The lowest BCUT2D eigenvalue weighted by atomic mass is 10.1. The fraction of sp³-hybridized carbons (Fsp3) is 0.381. The molecule has 0 aromatic heterocycles. The maximum Gasteiger partial charge on any atom is 0.191 e. The lowest BCUT2D eigenvalue weighted by molar-refractivity contribution is 0.310. The van der Waals surface area contributed by atoms with Gasteiger partial charge in [0.15, 0.2) is 17.5 Å². The lowest BCUT2D eigenvalue weighted by Crippen LogP contribution is -2.38. The Hall–Kier alpha value is -2.69. The Morgan fingerprint density at radius 3 is 2.46 bits per heavy atom. The summed E-state index contributed by atoms with van der Waals surface area (Å²) < 4.78 is 11.0. The lowest BCUT2D eigenvalue weighted by Gasteiger charge is -2.12. The summed E-state index contributed by atoms with van der Waals surface area (Å²) in [4.78, 5) is 4.66. The number of guanidine groups is 1. The van der Waals surface area contributed by atoms with E-state index in [-0.39, 0.29) is 0 Å². The molecule has 0 bridgehead atoms. The van der Waals surface area contributed by atoms with Gasteiger partial charge in [-0.2, -0.15) is 0 Å². The third-order valence-electron chi connectivity index (χ3n) is 3.84. The van der Waals surface area contributed by atoms with Crippen LogP contribution < -0.4 is 20.1 Å². The first-order valence-corrected chi connectivity index (χ1v) is 9.12. The van der Waals surface area contributed by atoms with Gasteiger partial charge in [0.25, 0.3) is 0 Å². The quantitative estimate of drug-likeness (QED) is 0.535. The highest BCUT2D eigenvalue weighted by atomic mass is 16.5. The van der Waals surface area contributed by atoms with Crippen LogP contribution in [-0.2, 0) is 13.0 Å². The highest BCUT2D eigenvalue weighted by molar-refractivity contribution is 5.79. The molecule has 2 N–H and O–H groups in total. The summed E-state index contributed by atoms with van der Waals surface area (Å²) in [6, 6.07) is 16.4. The molecule has 0 atom stereocenters. The van der Waals surface area contributed by atoms with Crippen molar-refractivity contribution in [3.05, 3.63) is 59.7 Å². The second-order valence-corrected chi connectivity index (χ2v) is 5.78. The molecule has 5 heteroatoms. The fourth-order valence-corrected chi connectivity index (χ4v) is 2.57. The SMILES string of the molecule is CCNC(=NCc1ccc(OCC)c(OC)c1)NCCc1ccccc1. The summed E-state index contributed by atoms with van der Waals surface area (Å²) in [5, 5.41) is 6.66. The number of rotatable bonds is 9. The molecule has 5 nitrogen and oxygen atoms in total. The molecule has 2 aromatic carbocycles. The van der Waals surface area contributed by atoms with Crippen LogP contribution in [0, 0.1) is 0 Å². The minimum atomic E-state index is 0.573. The van der Waals surface area contributed by atoms with Crippen LogP contribution in [0.2, 0.25) is 0 Å². The van der Waals surface area contributed by atoms with E-state index in [2.05, 4.69) is 46.8 Å². The number of nitrogens with one attached hydrogen (secondary N) is 2. The largest absolute Gasteiger partial charge is 0.493 e. The van der Waals surface area contributed by atoms with E-state index in [4.69, 9.17) is 9.47 Å². The first kappa shape index (κ1) is 19.6. The van der Waals surface area contributed by atoms with Crippen LogP contribution in [-0.4, -0.2) is 32.8 Å². The molecule has 26 heavy (non-hydrogen) atoms. The average molecular weight is 355 g/mol. The molecule has 0 amide bonds. The van der Waals surface area contributed by atoms with E-state index in [1.54, 1.807) is 7.11 Å². The maximum absolute atomic E-state index is 5.56. The normalized spacial score (nSPS) is 11.1. The molecular weight excluding hydrogens is 326 g/mol. The standard InChI is InChI=1S/C21H29N3O2/c1-4-22-21(23-14-13-17-9-7-6-8-10-17)24-16-18-11-12-19(26-5-2)20(15-18)25-3/h6-12,15H,4-5,13-14,16H2,1-3H3,(H2,22,23,24). The monoisotopic (exact) mass is 355 g/mol. The second-order valence-electron chi connectivity index (χ2n) is 5.78. The van der Waals surface area contributed by atoms with Gasteiger partial charge in [0, 0.05) is 13.1 Å². The minimum absolute atomic E-state index is 0.573. The summed E-state index contributed by atoms with van der Waals surface area (Å²) in [7, 11) is 1.65. The zero-order valence-electron chi connectivity index (χ0n) is 15.9. The Morgan fingerprint density at radius 1 is 0.962 bits per heavy atom. The van der Waals surface area contributed by atoms with Crippen molar-refractivity contribution >= 4 is 5.96 Å². The van der Waals surface area contributed by atoms with Crippen LogP contribution in [0.5, 0.6) is 11.5 Å². The van der Waals surface area contributed by atoms with Crippen molar-refractivity contribution in [2.24, 2.45) is 4.99 Å². The summed E-state index contributed by atoms with van der Waals surface area (Å²) in [5.74, 6) is 2.31. The molecule has 0 radical (unpaired) electrons. The number of benzene rings is 2. The molecule has 2 aromatic rings. The van der Waals surface area contributed by atoms with E-state index in [0.717, 1.165) is 42.5 Å². The summed E-state index contributed by atoms with van der Waals surface area (Å²) in [6.45, 7) is 6.87. The Bertz CT molecular complexity index is 687. The molecule has 0 fully saturated rings. The van der Waals surface area contributed by atoms with Gasteiger partial charge < -0.3 is 20.1 Å². The van der Waals surface area contributed by atoms with Crippen LogP contribution >= 0.6 is 0 Å². The van der Waals surface area contributed by atoms with Crippen LogP contribution in [0.3, 0.4) is 0 Å². The third kappa shape index (κ3) is 6.31. The van der Waals surface area contributed by atoms with Crippen molar-refractivity contribution in [3.8, 4) is 11.5 Å². The van der Waals surface area contributed by atoms with Crippen molar-refractivity contribution in [2.45, 2.75) is 26.8 Å². The van der Waals surface area contributed by atoms with Gasteiger partial charge >= 0.3 is 0 Å². The summed E-state index contributed by atoms with van der Waals surface area (Å²) in [5.41, 5.74) is 2.39. The molecule has 0 unspecified atom stereocenters. The maximum atomic E-state index is 5.56. The van der Waals surface area contributed by atoms with Crippen molar-refractivity contribution in [1.82, 2.24) is 10.6 Å². The average Bonchev–Trinajstić information content (AvgIpc) is 2.68. The van der Waals surface area contributed by atoms with Crippen molar-refractivity contribution in [3.63, 3.8) is 0 Å². The van der Waals surface area contributed by atoms with Gasteiger partial charge in [0.2, 0.25) is 0 Å². The van der Waals surface area contributed by atoms with E-state index in [1.807, 2.05) is 31.2 Å². The number of hydrogen-bond donors (Lipinski definition) is 2. The Balaban J connectivity index is 1.95. The van der Waals surface area contributed by atoms with Crippen molar-refractivity contribution in [2.75, 3.05) is 26.8 Å². The minimum Gasteiger partial charge on any atom is -0.493 e. The van der Waals surface area contributed by atoms with Crippen LogP contribution in [0.1, 0.15) is 25.0 Å². The third-order valence-corrected chi connectivity index (χ3v) is 3.84. The summed E-state index contributed by atoms with van der Waals surface area (Å²) in [6.07, 6.45) is 0.960. The highest BCUT2D eigenvalue weighted by Crippen LogP contribution is 2.28. The number of nitrogens with zero attached hydrogens (tertiary/aromatic N) is 1. The van der Waals surface area contributed by atoms with Gasteiger partial charge in [-0.15, -0.1) is 0 Å². The van der Waals surface area contributed by atoms with Gasteiger partial charge in [0.05, 0.1) is 20.3 Å². The van der Waals surface area contributed by atoms with E-state index >= 15 is 0 Å². The van der Waals surface area contributed by atoms with Crippen LogP contribution in [0.4, 0.5) is 0 Å². The molecule has 0 aliphatic heterocycles. The van der Waals surface area contributed by atoms with Gasteiger partial charge in [-0.1, -0.05) is 36.4 Å². The molecule has 0 spiro atoms. The zero-order chi connectivity index (χ0) is 18.6. The number of aliphatic imine (C=N–C) groups is 1. The molecule has 0 saturated heterocycles. The smallest absolute Gasteiger partial charge is 0.191 e. The second kappa shape index (κ2) is 11.0. The van der Waals surface area contributed by atoms with Gasteiger partial charge in [0.1, 0.15) is 0 Å². The molecule has 0 aliphatic rings. The Labute approximate surface area is 156 Å². The first-order chi connectivity index (χ1) is 12.8. The number of methoxy groups -OCH3 is 1. The van der Waals surface area contributed by atoms with Gasteiger partial charge in [-0.3, -0.25) is 0 Å². The predicted octanol–water partition coefficient (Wildman–Crippen LogP) is 3.39. The van der Waals surface area contributed by atoms with E-state index < -0.39 is 0 Å². The first-order valence-electron chi connectivity index (χ1n) is 9.12. The molecule has 0 heterocycles. The predicted molar refractivity (Wildman–Crippen MR) is 107 cm³/mol. The molecule has 0 saturated carbocycles. The number of ether oxygens (including phenoxy) is 2. The van der Waals surface area contributed by atoms with Crippen molar-refractivity contribution < 1.29 is 9.47 Å². The molecular formula is C21H29N3O2. The fourth-order valence-electron chi connectivity index (χ4n) is 2.57. The highest BCUT2D eigenvalue weighted by Gasteiger charge is 2.05. The van der Waals surface area contributed by atoms with Crippen LogP contribution in [0.15, 0.2) is 53.5 Å². The zero-order valence-corrected chi connectivity index (χ0v) is 15.9. The Morgan fingerprint density at radius 2 is 1.77 bits per heavy atom. The van der Waals surface area contributed by atoms with Gasteiger partial charge in [-0.05, 0) is 43.5 Å². The summed E-state index contributed by atoms with van der Waals surface area (Å²) >= 11 is 0. The molecule has 0 aliphatic carbocycles. The van der Waals surface area contributed by atoms with E-state index in [0.29, 0.717) is 13.2 Å². The van der Waals surface area contributed by atoms with E-state index in [9.17, 15) is 0 Å². The van der Waals surface area contributed by atoms with E-state index in [1.165, 1.54) is 5.56 Å². The molecule has 2 rings (SSSR count). The number of hydrogen-bond acceptors (Lipinski definition) is 3. The Kier molecular flexibility index (Phi) is 8.33. The van der Waals surface area contributed by atoms with Crippen LogP contribution in [0.25, 0.3) is 0 Å². The topological polar surface area (TPSA) is 54.9 Å². The van der Waals surface area contributed by atoms with Crippen molar-refractivity contribution in [1.29, 1.82) is 0 Å². The van der Waals surface area contributed by atoms with Gasteiger partial charge in [-0.25, -0.2) is 4.99 Å².